The van der Waals surface area contributed by atoms with Crippen molar-refractivity contribution in [3.8, 4) is 5.75 Å². The molecule has 0 radical (unpaired) electrons. The summed E-state index contributed by atoms with van der Waals surface area (Å²) in [5.74, 6) is 1.40. The second kappa shape index (κ2) is 11.2. The van der Waals surface area contributed by atoms with Gasteiger partial charge in [-0.05, 0) is 31.2 Å². The number of hydrogen-bond donors (Lipinski definition) is 2. The van der Waals surface area contributed by atoms with E-state index in [1.54, 1.807) is 31.3 Å². The van der Waals surface area contributed by atoms with Crippen LogP contribution in [0.4, 0.5) is 8.78 Å². The number of imidazole rings is 1. The number of nitrogens with one attached hydrogen (secondary N) is 2. The quantitative estimate of drug-likeness (QED) is 0.347. The van der Waals surface area contributed by atoms with E-state index in [0.29, 0.717) is 23.3 Å². The molecule has 2 N–H and O–H groups in total. The topological polar surface area (TPSA) is 63.5 Å². The number of halogens is 4. The first-order chi connectivity index (χ1) is 12.0. The van der Waals surface area contributed by atoms with Crippen molar-refractivity contribution >= 4 is 41.5 Å². The SMILES string of the molecule is CN=C(NCc1nccn1C(F)F)NCC(C)Oc1ccc(Cl)cc1.I. The Morgan fingerprint density at radius 2 is 2.00 bits per heavy atom. The molecule has 1 unspecified atom stereocenters. The van der Waals surface area contributed by atoms with Gasteiger partial charge in [0.15, 0.2) is 5.96 Å². The van der Waals surface area contributed by atoms with Crippen LogP contribution in [0.2, 0.25) is 5.02 Å². The summed E-state index contributed by atoms with van der Waals surface area (Å²) in [7, 11) is 1.60. The molecule has 0 saturated heterocycles. The zero-order chi connectivity index (χ0) is 18.2. The van der Waals surface area contributed by atoms with Crippen molar-refractivity contribution in [2.45, 2.75) is 26.1 Å². The van der Waals surface area contributed by atoms with E-state index in [1.807, 2.05) is 6.92 Å². The van der Waals surface area contributed by atoms with Crippen LogP contribution < -0.4 is 15.4 Å². The van der Waals surface area contributed by atoms with Crippen LogP contribution in [0, 0.1) is 0 Å². The molecule has 0 aliphatic carbocycles. The van der Waals surface area contributed by atoms with Crippen LogP contribution in [-0.4, -0.2) is 35.2 Å². The first-order valence-electron chi connectivity index (χ1n) is 7.66. The normalized spacial score (nSPS) is 12.5. The van der Waals surface area contributed by atoms with Crippen LogP contribution in [0.25, 0.3) is 0 Å². The van der Waals surface area contributed by atoms with E-state index in [2.05, 4.69) is 20.6 Å². The molecule has 0 aliphatic rings. The van der Waals surface area contributed by atoms with E-state index in [4.69, 9.17) is 16.3 Å². The number of rotatable bonds is 7. The van der Waals surface area contributed by atoms with Gasteiger partial charge in [0.2, 0.25) is 0 Å². The van der Waals surface area contributed by atoms with Gasteiger partial charge in [0.25, 0.3) is 0 Å². The summed E-state index contributed by atoms with van der Waals surface area (Å²) in [5.41, 5.74) is 0. The fourth-order valence-electron chi connectivity index (χ4n) is 2.07. The zero-order valence-electron chi connectivity index (χ0n) is 14.3. The lowest BCUT2D eigenvalue weighted by Crippen LogP contribution is -2.41. The standard InChI is InChI=1S/C16H20ClF2N5O.HI/c1-11(25-13-5-3-12(17)4-6-13)9-22-16(20-2)23-10-14-21-7-8-24(14)15(18)19;/h3-8,11,15H,9-10H2,1-2H3,(H2,20,22,23);1H. The highest BCUT2D eigenvalue weighted by Crippen LogP contribution is 2.16. The molecule has 6 nitrogen and oxygen atoms in total. The van der Waals surface area contributed by atoms with Gasteiger partial charge >= 0.3 is 6.55 Å². The lowest BCUT2D eigenvalue weighted by Gasteiger charge is -2.18. The Hall–Kier alpha value is -1.62. The Kier molecular flexibility index (Phi) is 9.63. The van der Waals surface area contributed by atoms with Crippen LogP contribution in [-0.2, 0) is 6.54 Å². The van der Waals surface area contributed by atoms with E-state index >= 15 is 0 Å². The highest BCUT2D eigenvalue weighted by molar-refractivity contribution is 14.0. The lowest BCUT2D eigenvalue weighted by atomic mass is 10.3. The minimum atomic E-state index is -2.62. The molecule has 1 heterocycles. The third kappa shape index (κ3) is 6.94. The van der Waals surface area contributed by atoms with Gasteiger partial charge in [0.05, 0.1) is 13.1 Å². The van der Waals surface area contributed by atoms with Crippen molar-refractivity contribution in [3.63, 3.8) is 0 Å². The summed E-state index contributed by atoms with van der Waals surface area (Å²) in [5, 5.41) is 6.66. The first-order valence-corrected chi connectivity index (χ1v) is 8.04. The van der Waals surface area contributed by atoms with Crippen molar-refractivity contribution in [3.05, 3.63) is 47.5 Å². The molecule has 26 heavy (non-hydrogen) atoms. The summed E-state index contributed by atoms with van der Waals surface area (Å²) >= 11 is 5.83. The fourth-order valence-corrected chi connectivity index (χ4v) is 2.20. The predicted molar refractivity (Wildman–Crippen MR) is 109 cm³/mol. The maximum absolute atomic E-state index is 12.8. The van der Waals surface area contributed by atoms with Crippen LogP contribution in [0.5, 0.6) is 5.75 Å². The van der Waals surface area contributed by atoms with E-state index in [0.717, 1.165) is 4.57 Å². The molecular formula is C16H21ClF2IN5O. The smallest absolute Gasteiger partial charge is 0.319 e. The Bertz CT molecular complexity index is 696. The molecule has 1 atom stereocenters. The molecule has 144 valence electrons. The van der Waals surface area contributed by atoms with Crippen molar-refractivity contribution < 1.29 is 13.5 Å². The molecule has 1 aromatic heterocycles. The molecule has 0 amide bonds. The molecule has 0 aliphatic heterocycles. The summed E-state index contributed by atoms with van der Waals surface area (Å²) in [6.45, 7) is -0.116. The summed E-state index contributed by atoms with van der Waals surface area (Å²) in [6, 6.07) is 7.08. The number of aromatic nitrogens is 2. The molecule has 1 aromatic carbocycles. The minimum absolute atomic E-state index is 0. The molecule has 2 aromatic rings. The van der Waals surface area contributed by atoms with Crippen molar-refractivity contribution in [1.29, 1.82) is 0 Å². The first kappa shape index (κ1) is 22.4. The molecule has 0 spiro atoms. The number of alkyl halides is 2. The van der Waals surface area contributed by atoms with Crippen LogP contribution >= 0.6 is 35.6 Å². The Balaban J connectivity index is 0.00000338. The number of ether oxygens (including phenoxy) is 1. The monoisotopic (exact) mass is 499 g/mol. The summed E-state index contributed by atoms with van der Waals surface area (Å²) in [6.07, 6.45) is 2.43. The van der Waals surface area contributed by atoms with Crippen molar-refractivity contribution in [2.24, 2.45) is 4.99 Å². The van der Waals surface area contributed by atoms with Crippen LogP contribution in [0.15, 0.2) is 41.7 Å². The average molecular weight is 500 g/mol. The van der Waals surface area contributed by atoms with Gasteiger partial charge < -0.3 is 15.4 Å². The van der Waals surface area contributed by atoms with E-state index in [9.17, 15) is 8.78 Å². The van der Waals surface area contributed by atoms with Gasteiger partial charge in [-0.15, -0.1) is 24.0 Å². The van der Waals surface area contributed by atoms with Crippen molar-refractivity contribution in [2.75, 3.05) is 13.6 Å². The molecule has 0 saturated carbocycles. The highest BCUT2D eigenvalue weighted by Gasteiger charge is 2.12. The van der Waals surface area contributed by atoms with Gasteiger partial charge in [-0.2, -0.15) is 8.78 Å². The molecule has 10 heteroatoms. The zero-order valence-corrected chi connectivity index (χ0v) is 17.4. The Labute approximate surface area is 173 Å². The number of nitrogens with zero attached hydrogens (tertiary/aromatic N) is 3. The van der Waals surface area contributed by atoms with E-state index in [1.165, 1.54) is 12.4 Å². The number of benzene rings is 1. The fraction of sp³-hybridized carbons (Fsp3) is 0.375. The van der Waals surface area contributed by atoms with Gasteiger partial charge in [0.1, 0.15) is 17.7 Å². The maximum atomic E-state index is 12.8. The van der Waals surface area contributed by atoms with Crippen molar-refractivity contribution in [1.82, 2.24) is 20.2 Å². The number of hydrogen-bond acceptors (Lipinski definition) is 3. The third-order valence-electron chi connectivity index (χ3n) is 3.30. The summed E-state index contributed by atoms with van der Waals surface area (Å²) < 4.78 is 32.1. The molecular weight excluding hydrogens is 479 g/mol. The maximum Gasteiger partial charge on any atom is 0.319 e. The Morgan fingerprint density at radius 1 is 1.31 bits per heavy atom. The third-order valence-corrected chi connectivity index (χ3v) is 3.56. The van der Waals surface area contributed by atoms with Gasteiger partial charge in [0, 0.05) is 24.5 Å². The average Bonchev–Trinajstić information content (AvgIpc) is 3.06. The molecule has 2 rings (SSSR count). The van der Waals surface area contributed by atoms with Gasteiger partial charge in [-0.1, -0.05) is 11.6 Å². The minimum Gasteiger partial charge on any atom is -0.489 e. The largest absolute Gasteiger partial charge is 0.489 e. The summed E-state index contributed by atoms with van der Waals surface area (Å²) in [4.78, 5) is 7.95. The highest BCUT2D eigenvalue weighted by atomic mass is 127. The lowest BCUT2D eigenvalue weighted by molar-refractivity contribution is 0.0668. The molecule has 0 bridgehead atoms. The van der Waals surface area contributed by atoms with E-state index < -0.39 is 6.55 Å². The predicted octanol–water partition coefficient (Wildman–Crippen LogP) is 3.68. The Morgan fingerprint density at radius 3 is 2.62 bits per heavy atom. The number of aliphatic imine (C=N–C) groups is 1. The second-order valence-corrected chi connectivity index (χ2v) is 5.65. The van der Waals surface area contributed by atoms with Gasteiger partial charge in [-0.25, -0.2) is 4.98 Å². The molecule has 0 fully saturated rings. The number of guanidine groups is 1. The van der Waals surface area contributed by atoms with Crippen LogP contribution in [0.1, 0.15) is 19.3 Å². The van der Waals surface area contributed by atoms with E-state index in [-0.39, 0.29) is 42.4 Å². The van der Waals surface area contributed by atoms with Gasteiger partial charge in [-0.3, -0.25) is 9.56 Å². The van der Waals surface area contributed by atoms with Crippen LogP contribution in [0.3, 0.4) is 0 Å². The second-order valence-electron chi connectivity index (χ2n) is 5.22.